The molecule has 1 nitrogen and oxygen atoms in total. The molecule has 1 aliphatic heterocycles. The van der Waals surface area contributed by atoms with Crippen molar-refractivity contribution >= 4 is 0 Å². The van der Waals surface area contributed by atoms with Crippen LogP contribution in [0.5, 0.6) is 0 Å². The van der Waals surface area contributed by atoms with Crippen LogP contribution in [-0.2, 0) is 4.74 Å². The van der Waals surface area contributed by atoms with E-state index in [1.165, 1.54) is 22.3 Å². The molecule has 1 heterocycles. The SMILES string of the molecule is C=CC1OC(C=C)c2cc(-c3ccccc3)ccc21. The maximum atomic E-state index is 5.88. The second-order valence-electron chi connectivity index (χ2n) is 4.66. The molecule has 0 aromatic heterocycles. The number of benzene rings is 2. The van der Waals surface area contributed by atoms with Crippen LogP contribution in [0, 0.1) is 0 Å². The average molecular weight is 248 g/mol. The van der Waals surface area contributed by atoms with Gasteiger partial charge in [-0.2, -0.15) is 0 Å². The van der Waals surface area contributed by atoms with Crippen LogP contribution in [0.15, 0.2) is 73.8 Å². The first-order chi connectivity index (χ1) is 9.33. The molecule has 0 aliphatic carbocycles. The molecule has 0 amide bonds. The molecule has 3 rings (SSSR count). The van der Waals surface area contributed by atoms with Crippen LogP contribution in [0.2, 0.25) is 0 Å². The molecule has 0 N–H and O–H groups in total. The van der Waals surface area contributed by atoms with Crippen LogP contribution in [-0.4, -0.2) is 0 Å². The van der Waals surface area contributed by atoms with Crippen LogP contribution in [0.1, 0.15) is 23.3 Å². The summed E-state index contributed by atoms with van der Waals surface area (Å²) in [6.07, 6.45) is 3.62. The van der Waals surface area contributed by atoms with Crippen molar-refractivity contribution < 1.29 is 4.74 Å². The van der Waals surface area contributed by atoms with E-state index in [0.29, 0.717) is 0 Å². The molecular formula is C18H16O. The summed E-state index contributed by atoms with van der Waals surface area (Å²) in [5.74, 6) is 0. The molecule has 0 saturated carbocycles. The summed E-state index contributed by atoms with van der Waals surface area (Å²) in [6.45, 7) is 7.69. The summed E-state index contributed by atoms with van der Waals surface area (Å²) in [7, 11) is 0. The molecule has 2 unspecified atom stereocenters. The van der Waals surface area contributed by atoms with Gasteiger partial charge in [-0.15, -0.1) is 13.2 Å². The van der Waals surface area contributed by atoms with E-state index in [1.54, 1.807) is 0 Å². The highest BCUT2D eigenvalue weighted by atomic mass is 16.5. The lowest BCUT2D eigenvalue weighted by molar-refractivity contribution is 0.0678. The fourth-order valence-corrected chi connectivity index (χ4v) is 2.56. The standard InChI is InChI=1S/C18H16O/c1-3-17-15-11-10-14(13-8-6-5-7-9-13)12-16(15)18(4-2)19-17/h3-12,17-18H,1-2H2. The zero-order chi connectivity index (χ0) is 13.2. The molecule has 0 fully saturated rings. The predicted molar refractivity (Wildman–Crippen MR) is 78.8 cm³/mol. The highest BCUT2D eigenvalue weighted by molar-refractivity contribution is 5.65. The van der Waals surface area contributed by atoms with Gasteiger partial charge in [-0.25, -0.2) is 0 Å². The monoisotopic (exact) mass is 248 g/mol. The molecule has 0 radical (unpaired) electrons. The van der Waals surface area contributed by atoms with Gasteiger partial charge < -0.3 is 4.74 Å². The minimum atomic E-state index is -0.0401. The Kier molecular flexibility index (Phi) is 3.06. The fourth-order valence-electron chi connectivity index (χ4n) is 2.56. The van der Waals surface area contributed by atoms with Crippen LogP contribution in [0.25, 0.3) is 11.1 Å². The summed E-state index contributed by atoms with van der Waals surface area (Å²) in [5.41, 5.74) is 4.82. The third kappa shape index (κ3) is 2.02. The van der Waals surface area contributed by atoms with Gasteiger partial charge in [0, 0.05) is 0 Å². The van der Waals surface area contributed by atoms with Crippen molar-refractivity contribution in [1.29, 1.82) is 0 Å². The van der Waals surface area contributed by atoms with E-state index in [1.807, 2.05) is 18.2 Å². The lowest BCUT2D eigenvalue weighted by atomic mass is 9.96. The smallest absolute Gasteiger partial charge is 0.102 e. The summed E-state index contributed by atoms with van der Waals surface area (Å²) in [5, 5.41) is 0. The molecule has 2 aromatic carbocycles. The average Bonchev–Trinajstić information content (AvgIpc) is 2.85. The van der Waals surface area contributed by atoms with Crippen molar-refractivity contribution in [3.63, 3.8) is 0 Å². The van der Waals surface area contributed by atoms with Crippen molar-refractivity contribution in [3.05, 3.63) is 85.0 Å². The van der Waals surface area contributed by atoms with Gasteiger partial charge in [-0.05, 0) is 28.3 Å². The maximum absolute atomic E-state index is 5.88. The van der Waals surface area contributed by atoms with E-state index < -0.39 is 0 Å². The van der Waals surface area contributed by atoms with Gasteiger partial charge in [0.25, 0.3) is 0 Å². The molecular weight excluding hydrogens is 232 g/mol. The molecule has 2 aromatic rings. The number of fused-ring (bicyclic) bond motifs is 1. The molecule has 0 saturated heterocycles. The summed E-state index contributed by atoms with van der Waals surface area (Å²) in [4.78, 5) is 0. The predicted octanol–water partition coefficient (Wildman–Crippen LogP) is 4.84. The molecule has 1 heteroatoms. The number of rotatable bonds is 3. The summed E-state index contributed by atoms with van der Waals surface area (Å²) in [6, 6.07) is 16.8. The Hall–Kier alpha value is -2.12. The van der Waals surface area contributed by atoms with Gasteiger partial charge >= 0.3 is 0 Å². The molecule has 0 spiro atoms. The number of ether oxygens (including phenoxy) is 1. The largest absolute Gasteiger partial charge is 0.357 e. The van der Waals surface area contributed by atoms with Gasteiger partial charge in [-0.1, -0.05) is 54.6 Å². The van der Waals surface area contributed by atoms with Crippen LogP contribution >= 0.6 is 0 Å². The van der Waals surface area contributed by atoms with Crippen LogP contribution < -0.4 is 0 Å². The first-order valence-electron chi connectivity index (χ1n) is 6.43. The third-order valence-electron chi connectivity index (χ3n) is 3.53. The minimum Gasteiger partial charge on any atom is -0.357 e. The highest BCUT2D eigenvalue weighted by Gasteiger charge is 2.28. The van der Waals surface area contributed by atoms with E-state index in [-0.39, 0.29) is 12.2 Å². The quantitative estimate of drug-likeness (QED) is 0.706. The van der Waals surface area contributed by atoms with E-state index in [0.717, 1.165) is 0 Å². The van der Waals surface area contributed by atoms with Gasteiger partial charge in [0.1, 0.15) is 12.2 Å². The second-order valence-corrected chi connectivity index (χ2v) is 4.66. The lowest BCUT2D eigenvalue weighted by Gasteiger charge is -2.07. The van der Waals surface area contributed by atoms with Crippen LogP contribution in [0.3, 0.4) is 0 Å². The molecule has 1 aliphatic rings. The Labute approximate surface area is 113 Å². The Bertz CT molecular complexity index is 613. The van der Waals surface area contributed by atoms with Crippen molar-refractivity contribution in [3.8, 4) is 11.1 Å². The Morgan fingerprint density at radius 1 is 0.789 bits per heavy atom. The van der Waals surface area contributed by atoms with Crippen molar-refractivity contribution in [2.75, 3.05) is 0 Å². The normalized spacial score (nSPS) is 20.8. The van der Waals surface area contributed by atoms with Gasteiger partial charge in [-0.3, -0.25) is 0 Å². The zero-order valence-electron chi connectivity index (χ0n) is 10.8. The number of hydrogen-bond donors (Lipinski definition) is 0. The van der Waals surface area contributed by atoms with Gasteiger partial charge in [0.2, 0.25) is 0 Å². The maximum Gasteiger partial charge on any atom is 0.102 e. The van der Waals surface area contributed by atoms with E-state index in [9.17, 15) is 0 Å². The summed E-state index contributed by atoms with van der Waals surface area (Å²) < 4.78 is 5.88. The summed E-state index contributed by atoms with van der Waals surface area (Å²) >= 11 is 0. The fraction of sp³-hybridized carbons (Fsp3) is 0.111. The molecule has 94 valence electrons. The second kappa shape index (κ2) is 4.87. The van der Waals surface area contributed by atoms with E-state index in [2.05, 4.69) is 55.6 Å². The van der Waals surface area contributed by atoms with Crippen molar-refractivity contribution in [1.82, 2.24) is 0 Å². The van der Waals surface area contributed by atoms with Crippen LogP contribution in [0.4, 0.5) is 0 Å². The molecule has 0 bridgehead atoms. The topological polar surface area (TPSA) is 9.23 Å². The lowest BCUT2D eigenvalue weighted by Crippen LogP contribution is -1.91. The Morgan fingerprint density at radius 3 is 2.16 bits per heavy atom. The molecule has 19 heavy (non-hydrogen) atoms. The highest BCUT2D eigenvalue weighted by Crippen LogP contribution is 2.41. The zero-order valence-corrected chi connectivity index (χ0v) is 10.8. The first kappa shape index (κ1) is 11.9. The van der Waals surface area contributed by atoms with Gasteiger partial charge in [0.15, 0.2) is 0 Å². The Balaban J connectivity index is 2.09. The van der Waals surface area contributed by atoms with E-state index in [4.69, 9.17) is 4.74 Å². The number of hydrogen-bond acceptors (Lipinski definition) is 1. The van der Waals surface area contributed by atoms with Crippen molar-refractivity contribution in [2.24, 2.45) is 0 Å². The van der Waals surface area contributed by atoms with Gasteiger partial charge in [0.05, 0.1) is 0 Å². The third-order valence-corrected chi connectivity index (χ3v) is 3.53. The van der Waals surface area contributed by atoms with Crippen molar-refractivity contribution in [2.45, 2.75) is 12.2 Å². The Morgan fingerprint density at radius 2 is 1.47 bits per heavy atom. The minimum absolute atomic E-state index is 0.0252. The molecule has 2 atom stereocenters. The van der Waals surface area contributed by atoms with E-state index >= 15 is 0 Å². The first-order valence-corrected chi connectivity index (χ1v) is 6.43.